The maximum Gasteiger partial charge on any atom is 0.129 e. The summed E-state index contributed by atoms with van der Waals surface area (Å²) >= 11 is 0. The first-order valence-electron chi connectivity index (χ1n) is 6.87. The number of nitrogens with zero attached hydrogens (tertiary/aromatic N) is 6. The second-order valence-electron chi connectivity index (χ2n) is 5.02. The number of Topliss-reactive ketones (excluding diaryl/α,β-unsaturated/α-hetero) is 1. The first-order chi connectivity index (χ1) is 9.63. The number of hydrogen-bond donors (Lipinski definition) is 0. The van der Waals surface area contributed by atoms with Gasteiger partial charge in [-0.25, -0.2) is 0 Å². The lowest BCUT2D eigenvalue weighted by molar-refractivity contribution is -0.117. The van der Waals surface area contributed by atoms with E-state index in [9.17, 15) is 4.79 Å². The first kappa shape index (κ1) is 14.4. The van der Waals surface area contributed by atoms with Crippen LogP contribution in [0.1, 0.15) is 37.6 Å². The molecule has 7 nitrogen and oxygen atoms in total. The molecular weight excluding hydrogens is 256 g/mol. The molecule has 7 heteroatoms. The van der Waals surface area contributed by atoms with Crippen molar-refractivity contribution in [1.82, 2.24) is 30.0 Å². The monoisotopic (exact) mass is 276 g/mol. The highest BCUT2D eigenvalue weighted by Crippen LogP contribution is 2.03. The van der Waals surface area contributed by atoms with Gasteiger partial charge < -0.3 is 4.79 Å². The fourth-order valence-corrected chi connectivity index (χ4v) is 1.98. The van der Waals surface area contributed by atoms with E-state index in [2.05, 4.69) is 20.6 Å². The van der Waals surface area contributed by atoms with Gasteiger partial charge in [-0.3, -0.25) is 9.36 Å². The van der Waals surface area contributed by atoms with Crippen molar-refractivity contribution in [3.63, 3.8) is 0 Å². The van der Waals surface area contributed by atoms with Crippen molar-refractivity contribution in [2.24, 2.45) is 7.05 Å². The Hall–Kier alpha value is -2.05. The molecule has 0 saturated heterocycles. The lowest BCUT2D eigenvalue weighted by atomic mass is 10.2. The van der Waals surface area contributed by atoms with Crippen molar-refractivity contribution >= 4 is 5.78 Å². The van der Waals surface area contributed by atoms with Gasteiger partial charge in [0.25, 0.3) is 0 Å². The van der Waals surface area contributed by atoms with Crippen LogP contribution in [-0.2, 0) is 31.2 Å². The largest absolute Gasteiger partial charge is 0.300 e. The Bertz CT molecular complexity index is 559. The number of rotatable bonds is 8. The van der Waals surface area contributed by atoms with Gasteiger partial charge in [-0.15, -0.1) is 10.2 Å². The highest BCUT2D eigenvalue weighted by Gasteiger charge is 2.04. The maximum atomic E-state index is 10.8. The molecule has 0 atom stereocenters. The lowest BCUT2D eigenvalue weighted by Gasteiger charge is -1.98. The van der Waals surface area contributed by atoms with Crippen LogP contribution in [0.3, 0.4) is 0 Å². The Labute approximate surface area is 118 Å². The molecule has 0 unspecified atom stereocenters. The zero-order valence-corrected chi connectivity index (χ0v) is 12.0. The molecule has 2 aromatic rings. The molecule has 0 radical (unpaired) electrons. The molecule has 0 spiro atoms. The van der Waals surface area contributed by atoms with Crippen molar-refractivity contribution < 1.29 is 4.79 Å². The summed E-state index contributed by atoms with van der Waals surface area (Å²) in [6.45, 7) is 2.44. The average molecular weight is 276 g/mol. The van der Waals surface area contributed by atoms with Gasteiger partial charge in [0.2, 0.25) is 0 Å². The molecular formula is C13H20N6O. The SMILES string of the molecule is CC(=O)CCCCn1cc(CCc2cn(C)nn2)nn1. The number of carbonyl (C=O) groups excluding carboxylic acids is 1. The molecule has 0 saturated carbocycles. The molecule has 0 fully saturated rings. The number of ketones is 1. The summed E-state index contributed by atoms with van der Waals surface area (Å²) in [5, 5.41) is 16.2. The molecule has 0 N–H and O–H groups in total. The standard InChI is InChI=1S/C13H20N6O/c1-11(20)5-3-4-8-19-10-13(15-17-19)7-6-12-9-18(2)16-14-12/h9-10H,3-8H2,1-2H3. The third kappa shape index (κ3) is 4.56. The van der Waals surface area contributed by atoms with Crippen molar-refractivity contribution in [3.8, 4) is 0 Å². The van der Waals surface area contributed by atoms with Crippen molar-refractivity contribution in [2.75, 3.05) is 0 Å². The molecule has 0 amide bonds. The topological polar surface area (TPSA) is 78.5 Å². The Kier molecular flexibility index (Phi) is 4.97. The zero-order valence-electron chi connectivity index (χ0n) is 12.0. The van der Waals surface area contributed by atoms with Gasteiger partial charge in [0.1, 0.15) is 5.78 Å². The van der Waals surface area contributed by atoms with E-state index in [1.807, 2.05) is 24.1 Å². The van der Waals surface area contributed by atoms with Crippen LogP contribution in [0.4, 0.5) is 0 Å². The van der Waals surface area contributed by atoms with E-state index in [1.165, 1.54) is 0 Å². The highest BCUT2D eigenvalue weighted by atomic mass is 16.1. The van der Waals surface area contributed by atoms with Crippen LogP contribution < -0.4 is 0 Å². The molecule has 0 aliphatic carbocycles. The van der Waals surface area contributed by atoms with Crippen LogP contribution >= 0.6 is 0 Å². The second kappa shape index (κ2) is 6.93. The molecule has 108 valence electrons. The van der Waals surface area contributed by atoms with Crippen molar-refractivity contribution in [2.45, 2.75) is 45.6 Å². The van der Waals surface area contributed by atoms with E-state index >= 15 is 0 Å². The smallest absolute Gasteiger partial charge is 0.129 e. The van der Waals surface area contributed by atoms with Gasteiger partial charge in [-0.2, -0.15) is 0 Å². The fraction of sp³-hybridized carbons (Fsp3) is 0.615. The molecule has 2 aromatic heterocycles. The number of carbonyl (C=O) groups is 1. The summed E-state index contributed by atoms with van der Waals surface area (Å²) in [5.41, 5.74) is 1.92. The highest BCUT2D eigenvalue weighted by molar-refractivity contribution is 5.75. The van der Waals surface area contributed by atoms with Gasteiger partial charge in [-0.05, 0) is 32.6 Å². The minimum atomic E-state index is 0.244. The van der Waals surface area contributed by atoms with Crippen molar-refractivity contribution in [3.05, 3.63) is 23.8 Å². The summed E-state index contributed by atoms with van der Waals surface area (Å²) in [7, 11) is 1.85. The van der Waals surface area contributed by atoms with E-state index in [0.29, 0.717) is 6.42 Å². The molecule has 2 rings (SSSR count). The van der Waals surface area contributed by atoms with Gasteiger partial charge in [0.05, 0.1) is 11.4 Å². The van der Waals surface area contributed by atoms with E-state index in [1.54, 1.807) is 11.6 Å². The summed E-state index contributed by atoms with van der Waals surface area (Å²) in [4.78, 5) is 10.8. The summed E-state index contributed by atoms with van der Waals surface area (Å²) in [6, 6.07) is 0. The number of unbranched alkanes of at least 4 members (excludes halogenated alkanes) is 1. The van der Waals surface area contributed by atoms with E-state index in [4.69, 9.17) is 0 Å². The number of hydrogen-bond acceptors (Lipinski definition) is 5. The quantitative estimate of drug-likeness (QED) is 0.671. The van der Waals surface area contributed by atoms with Crippen LogP contribution in [0.2, 0.25) is 0 Å². The van der Waals surface area contributed by atoms with Gasteiger partial charge in [0, 0.05) is 32.4 Å². The first-order valence-corrected chi connectivity index (χ1v) is 6.87. The predicted molar refractivity (Wildman–Crippen MR) is 73.0 cm³/mol. The minimum absolute atomic E-state index is 0.244. The Morgan fingerprint density at radius 3 is 2.45 bits per heavy atom. The second-order valence-corrected chi connectivity index (χ2v) is 5.02. The fourth-order valence-electron chi connectivity index (χ4n) is 1.98. The number of aryl methyl sites for hydroxylation is 4. The Morgan fingerprint density at radius 1 is 1.10 bits per heavy atom. The zero-order chi connectivity index (χ0) is 14.4. The summed E-state index contributed by atoms with van der Waals surface area (Å²) in [5.74, 6) is 0.244. The molecule has 0 aliphatic rings. The lowest BCUT2D eigenvalue weighted by Crippen LogP contribution is -2.00. The molecule has 0 aromatic carbocycles. The van der Waals surface area contributed by atoms with Crippen LogP contribution in [0.15, 0.2) is 12.4 Å². The van der Waals surface area contributed by atoms with Crippen LogP contribution in [0, 0.1) is 0 Å². The Morgan fingerprint density at radius 2 is 1.80 bits per heavy atom. The third-order valence-corrected chi connectivity index (χ3v) is 3.04. The number of aromatic nitrogens is 6. The maximum absolute atomic E-state index is 10.8. The summed E-state index contributed by atoms with van der Waals surface area (Å²) < 4.78 is 3.54. The van der Waals surface area contributed by atoms with E-state index < -0.39 is 0 Å². The molecule has 0 aliphatic heterocycles. The average Bonchev–Trinajstić information content (AvgIpc) is 3.01. The van der Waals surface area contributed by atoms with Gasteiger partial charge in [0.15, 0.2) is 0 Å². The molecule has 2 heterocycles. The van der Waals surface area contributed by atoms with Crippen LogP contribution in [0.5, 0.6) is 0 Å². The van der Waals surface area contributed by atoms with E-state index in [0.717, 1.165) is 43.6 Å². The Balaban J connectivity index is 1.73. The van der Waals surface area contributed by atoms with Crippen LogP contribution in [0.25, 0.3) is 0 Å². The summed E-state index contributed by atoms with van der Waals surface area (Å²) in [6.07, 6.45) is 8.00. The predicted octanol–water partition coefficient (Wildman–Crippen LogP) is 0.951. The van der Waals surface area contributed by atoms with E-state index in [-0.39, 0.29) is 5.78 Å². The molecule has 0 bridgehead atoms. The third-order valence-electron chi connectivity index (χ3n) is 3.04. The van der Waals surface area contributed by atoms with Gasteiger partial charge >= 0.3 is 0 Å². The van der Waals surface area contributed by atoms with Crippen molar-refractivity contribution in [1.29, 1.82) is 0 Å². The van der Waals surface area contributed by atoms with Gasteiger partial charge in [-0.1, -0.05) is 10.4 Å². The molecule has 20 heavy (non-hydrogen) atoms. The van der Waals surface area contributed by atoms with Crippen LogP contribution in [-0.4, -0.2) is 35.8 Å². The normalized spacial score (nSPS) is 10.9. The minimum Gasteiger partial charge on any atom is -0.300 e.